The number of nitrogens with one attached hydrogen (secondary N) is 1. The highest BCUT2D eigenvalue weighted by molar-refractivity contribution is 7.90. The molecule has 3 aromatic rings. The van der Waals surface area contributed by atoms with Gasteiger partial charge in [-0.2, -0.15) is 0 Å². The third kappa shape index (κ3) is 5.22. The molecule has 148 valence electrons. The van der Waals surface area contributed by atoms with E-state index in [1.165, 1.54) is 10.4 Å². The van der Waals surface area contributed by atoms with Crippen molar-refractivity contribution in [3.8, 4) is 27.3 Å². The molecule has 1 unspecified atom stereocenters. The summed E-state index contributed by atoms with van der Waals surface area (Å²) in [4.78, 5) is 1.26. The molecule has 0 aliphatic rings. The van der Waals surface area contributed by atoms with Gasteiger partial charge in [0, 0.05) is 11.4 Å². The van der Waals surface area contributed by atoms with E-state index in [2.05, 4.69) is 46.5 Å². The van der Waals surface area contributed by atoms with Crippen LogP contribution in [0.5, 0.6) is 5.75 Å². The zero-order chi connectivity index (χ0) is 20.1. The molecule has 0 aliphatic carbocycles. The monoisotopic (exact) mass is 415 g/mol. The molecule has 3 rings (SSSR count). The topological polar surface area (TPSA) is 55.4 Å². The fraction of sp³-hybridized carbons (Fsp3) is 0.273. The normalized spacial score (nSPS) is 12.9. The molecular weight excluding hydrogens is 390 g/mol. The molecule has 0 saturated heterocycles. The highest BCUT2D eigenvalue weighted by Crippen LogP contribution is 2.28. The molecule has 1 N–H and O–H groups in total. The number of hydrogen-bond donors (Lipinski definition) is 1. The van der Waals surface area contributed by atoms with Gasteiger partial charge in [0.1, 0.15) is 11.9 Å². The first-order valence-corrected chi connectivity index (χ1v) is 11.7. The lowest BCUT2D eigenvalue weighted by Crippen LogP contribution is -2.37. The molecule has 1 atom stereocenters. The van der Waals surface area contributed by atoms with Gasteiger partial charge in [-0.05, 0) is 61.0 Å². The molecule has 1 heterocycles. The molecule has 1 aromatic heterocycles. The van der Waals surface area contributed by atoms with Crippen LogP contribution in [0.25, 0.3) is 21.6 Å². The van der Waals surface area contributed by atoms with Crippen LogP contribution in [-0.2, 0) is 10.0 Å². The summed E-state index contributed by atoms with van der Waals surface area (Å²) in [6, 6.07) is 20.5. The lowest BCUT2D eigenvalue weighted by molar-refractivity contribution is 0.225. The van der Waals surface area contributed by atoms with Crippen LogP contribution in [0.2, 0.25) is 0 Å². The highest BCUT2D eigenvalue weighted by atomic mass is 32.2. The Balaban J connectivity index is 1.60. The van der Waals surface area contributed by atoms with Crippen molar-refractivity contribution in [2.24, 2.45) is 0 Å². The van der Waals surface area contributed by atoms with Crippen LogP contribution in [-0.4, -0.2) is 26.3 Å². The van der Waals surface area contributed by atoms with Crippen molar-refractivity contribution in [1.82, 2.24) is 4.72 Å². The molecule has 0 spiro atoms. The predicted octanol–water partition coefficient (Wildman–Crippen LogP) is 5.18. The van der Waals surface area contributed by atoms with Crippen LogP contribution in [0.1, 0.15) is 20.8 Å². The summed E-state index contributed by atoms with van der Waals surface area (Å²) in [5.74, 6) is 0.718. The van der Waals surface area contributed by atoms with E-state index in [0.29, 0.717) is 0 Å². The zero-order valence-corrected chi connectivity index (χ0v) is 17.9. The second-order valence-corrected chi connectivity index (χ2v) is 10.2. The maximum absolute atomic E-state index is 11.8. The van der Waals surface area contributed by atoms with Gasteiger partial charge in [-0.1, -0.05) is 42.5 Å². The van der Waals surface area contributed by atoms with Crippen molar-refractivity contribution < 1.29 is 13.2 Å². The van der Waals surface area contributed by atoms with Crippen LogP contribution in [0.4, 0.5) is 0 Å². The summed E-state index contributed by atoms with van der Waals surface area (Å²) in [5, 5.41) is 1.63. The van der Waals surface area contributed by atoms with Gasteiger partial charge in [0.05, 0.1) is 5.25 Å². The average Bonchev–Trinajstić information content (AvgIpc) is 3.22. The first-order chi connectivity index (χ1) is 13.3. The molecule has 6 heteroatoms. The Morgan fingerprint density at radius 1 is 0.893 bits per heavy atom. The Morgan fingerprint density at radius 2 is 1.46 bits per heavy atom. The standard InChI is InChI=1S/C22H25NO3S2/c1-16(2)28(24,25)23-15-17(3)26-21-12-10-19(11-13-21)18-6-8-20(9-7-18)22-5-4-14-27-22/h4-14,16-17,23H,15H2,1-3H3. The van der Waals surface area contributed by atoms with Crippen LogP contribution in [0.3, 0.4) is 0 Å². The summed E-state index contributed by atoms with van der Waals surface area (Å²) in [7, 11) is -3.28. The first-order valence-electron chi connectivity index (χ1n) is 9.24. The first kappa shape index (κ1) is 20.6. The maximum Gasteiger partial charge on any atom is 0.214 e. The third-order valence-electron chi connectivity index (χ3n) is 4.41. The minimum absolute atomic E-state index is 0.243. The van der Waals surface area contributed by atoms with Crippen molar-refractivity contribution >= 4 is 21.4 Å². The van der Waals surface area contributed by atoms with E-state index in [4.69, 9.17) is 4.74 Å². The number of hydrogen-bond acceptors (Lipinski definition) is 4. The van der Waals surface area contributed by atoms with Gasteiger partial charge >= 0.3 is 0 Å². The number of sulfonamides is 1. The van der Waals surface area contributed by atoms with E-state index in [-0.39, 0.29) is 12.6 Å². The fourth-order valence-electron chi connectivity index (χ4n) is 2.67. The molecule has 0 amide bonds. The Morgan fingerprint density at radius 3 is 2.00 bits per heavy atom. The predicted molar refractivity (Wildman–Crippen MR) is 117 cm³/mol. The van der Waals surface area contributed by atoms with E-state index in [1.807, 2.05) is 31.2 Å². The molecule has 2 aromatic carbocycles. The molecule has 0 aliphatic heterocycles. The lowest BCUT2D eigenvalue weighted by atomic mass is 10.0. The molecule has 28 heavy (non-hydrogen) atoms. The van der Waals surface area contributed by atoms with Gasteiger partial charge in [0.2, 0.25) is 10.0 Å². The Labute approximate surface area is 171 Å². The lowest BCUT2D eigenvalue weighted by Gasteiger charge is -2.17. The van der Waals surface area contributed by atoms with Gasteiger partial charge in [-0.15, -0.1) is 11.3 Å². The molecule has 0 fully saturated rings. The summed E-state index contributed by atoms with van der Waals surface area (Å²) in [5.41, 5.74) is 3.47. The average molecular weight is 416 g/mol. The van der Waals surface area contributed by atoms with Crippen molar-refractivity contribution in [1.29, 1.82) is 0 Å². The van der Waals surface area contributed by atoms with Crippen molar-refractivity contribution in [3.05, 3.63) is 66.0 Å². The smallest absolute Gasteiger partial charge is 0.214 e. The SMILES string of the molecule is CC(CNS(=O)(=O)C(C)C)Oc1ccc(-c2ccc(-c3cccs3)cc2)cc1. The Kier molecular flexibility index (Phi) is 6.54. The quantitative estimate of drug-likeness (QED) is 0.552. The molecule has 4 nitrogen and oxygen atoms in total. The summed E-state index contributed by atoms with van der Waals surface area (Å²) in [6.45, 7) is 5.39. The van der Waals surface area contributed by atoms with Crippen LogP contribution in [0, 0.1) is 0 Å². The zero-order valence-electron chi connectivity index (χ0n) is 16.3. The largest absolute Gasteiger partial charge is 0.489 e. The van der Waals surface area contributed by atoms with Crippen LogP contribution < -0.4 is 9.46 Å². The van der Waals surface area contributed by atoms with Gasteiger partial charge in [-0.3, -0.25) is 0 Å². The number of thiophene rings is 1. The second-order valence-electron chi connectivity index (χ2n) is 6.95. The molecule has 0 radical (unpaired) electrons. The van der Waals surface area contributed by atoms with Crippen LogP contribution >= 0.6 is 11.3 Å². The molecular formula is C22H25NO3S2. The van der Waals surface area contributed by atoms with E-state index < -0.39 is 15.3 Å². The van der Waals surface area contributed by atoms with Crippen molar-refractivity contribution in [2.75, 3.05) is 6.54 Å². The van der Waals surface area contributed by atoms with E-state index in [1.54, 1.807) is 25.2 Å². The Bertz CT molecular complexity index is 977. The molecule has 0 saturated carbocycles. The second kappa shape index (κ2) is 8.90. The van der Waals surface area contributed by atoms with Gasteiger partial charge in [0.15, 0.2) is 0 Å². The van der Waals surface area contributed by atoms with E-state index in [9.17, 15) is 8.42 Å². The Hall–Kier alpha value is -2.15. The number of rotatable bonds is 8. The van der Waals surface area contributed by atoms with E-state index >= 15 is 0 Å². The molecule has 0 bridgehead atoms. The minimum Gasteiger partial charge on any atom is -0.489 e. The summed E-state index contributed by atoms with van der Waals surface area (Å²) in [6.07, 6.45) is -0.260. The van der Waals surface area contributed by atoms with Gasteiger partial charge in [0.25, 0.3) is 0 Å². The van der Waals surface area contributed by atoms with Crippen molar-refractivity contribution in [3.63, 3.8) is 0 Å². The number of benzene rings is 2. The van der Waals surface area contributed by atoms with Gasteiger partial charge in [-0.25, -0.2) is 13.1 Å². The van der Waals surface area contributed by atoms with Crippen LogP contribution in [0.15, 0.2) is 66.0 Å². The van der Waals surface area contributed by atoms with Crippen molar-refractivity contribution in [2.45, 2.75) is 32.1 Å². The number of ether oxygens (including phenoxy) is 1. The summed E-state index contributed by atoms with van der Waals surface area (Å²) >= 11 is 1.73. The fourth-order valence-corrected chi connectivity index (χ4v) is 4.20. The highest BCUT2D eigenvalue weighted by Gasteiger charge is 2.16. The maximum atomic E-state index is 11.8. The summed E-state index contributed by atoms with van der Waals surface area (Å²) < 4.78 is 32.0. The third-order valence-corrected chi connectivity index (χ3v) is 7.14. The van der Waals surface area contributed by atoms with Gasteiger partial charge < -0.3 is 4.74 Å². The minimum atomic E-state index is -3.28. The van der Waals surface area contributed by atoms with E-state index in [0.717, 1.165) is 16.9 Å².